The Morgan fingerprint density at radius 2 is 2.00 bits per heavy atom. The minimum Gasteiger partial charge on any atom is -0.396 e. The minimum atomic E-state index is 0.200. The van der Waals surface area contributed by atoms with Crippen molar-refractivity contribution in [3.8, 4) is 0 Å². The van der Waals surface area contributed by atoms with Crippen LogP contribution in [0.3, 0.4) is 0 Å². The maximum Gasteiger partial charge on any atom is 0.227 e. The van der Waals surface area contributed by atoms with Crippen LogP contribution in [0, 0.1) is 0 Å². The summed E-state index contributed by atoms with van der Waals surface area (Å²) in [6.07, 6.45) is 4.29. The highest BCUT2D eigenvalue weighted by atomic mass is 16.3. The van der Waals surface area contributed by atoms with E-state index in [0.29, 0.717) is 19.0 Å². The van der Waals surface area contributed by atoms with Gasteiger partial charge < -0.3 is 15.7 Å². The number of aliphatic hydroxyl groups excluding tert-OH is 1. The van der Waals surface area contributed by atoms with Gasteiger partial charge in [-0.05, 0) is 36.8 Å². The van der Waals surface area contributed by atoms with E-state index in [2.05, 4.69) is 0 Å². The molecule has 0 saturated carbocycles. The molecule has 1 aliphatic rings. The molecule has 1 atom stereocenters. The molecule has 1 saturated heterocycles. The van der Waals surface area contributed by atoms with Crippen LogP contribution in [0.15, 0.2) is 24.3 Å². The Bertz CT molecular complexity index is 431. The van der Waals surface area contributed by atoms with E-state index >= 15 is 0 Å². The van der Waals surface area contributed by atoms with Crippen molar-refractivity contribution in [1.82, 2.24) is 4.90 Å². The van der Waals surface area contributed by atoms with Crippen molar-refractivity contribution in [2.45, 2.75) is 44.7 Å². The summed E-state index contributed by atoms with van der Waals surface area (Å²) in [6.45, 7) is 1.60. The average molecular weight is 276 g/mol. The predicted octanol–water partition coefficient (Wildman–Crippen LogP) is 1.45. The third-order valence-corrected chi connectivity index (χ3v) is 4.01. The summed E-state index contributed by atoms with van der Waals surface area (Å²) in [5, 5.41) is 8.92. The highest BCUT2D eigenvalue weighted by Gasteiger charge is 2.27. The number of benzene rings is 1. The zero-order valence-electron chi connectivity index (χ0n) is 11.9. The van der Waals surface area contributed by atoms with Gasteiger partial charge in [-0.2, -0.15) is 0 Å². The van der Waals surface area contributed by atoms with Crippen molar-refractivity contribution < 1.29 is 9.90 Å². The topological polar surface area (TPSA) is 66.6 Å². The molecule has 1 aromatic rings. The first-order chi connectivity index (χ1) is 9.74. The molecule has 1 fully saturated rings. The number of likely N-dealkylation sites (tertiary alicyclic amines) is 1. The lowest BCUT2D eigenvalue weighted by Crippen LogP contribution is -2.36. The van der Waals surface area contributed by atoms with Crippen molar-refractivity contribution in [3.63, 3.8) is 0 Å². The van der Waals surface area contributed by atoms with E-state index < -0.39 is 0 Å². The number of hydrogen-bond acceptors (Lipinski definition) is 3. The molecule has 2 rings (SSSR count). The molecule has 4 heteroatoms. The highest BCUT2D eigenvalue weighted by Crippen LogP contribution is 2.22. The van der Waals surface area contributed by atoms with Crippen LogP contribution in [0.1, 0.15) is 36.8 Å². The molecule has 0 aliphatic carbocycles. The van der Waals surface area contributed by atoms with Crippen molar-refractivity contribution in [1.29, 1.82) is 0 Å². The molecule has 20 heavy (non-hydrogen) atoms. The zero-order chi connectivity index (χ0) is 14.4. The maximum atomic E-state index is 12.4. The fourth-order valence-electron chi connectivity index (χ4n) is 2.86. The highest BCUT2D eigenvalue weighted by molar-refractivity contribution is 5.79. The van der Waals surface area contributed by atoms with Gasteiger partial charge in [0.2, 0.25) is 5.91 Å². The van der Waals surface area contributed by atoms with Crippen molar-refractivity contribution in [2.75, 3.05) is 13.2 Å². The van der Waals surface area contributed by atoms with Gasteiger partial charge in [-0.25, -0.2) is 0 Å². The van der Waals surface area contributed by atoms with Crippen LogP contribution in [-0.4, -0.2) is 35.1 Å². The van der Waals surface area contributed by atoms with E-state index in [1.165, 1.54) is 0 Å². The number of carbonyl (C=O) groups is 1. The van der Waals surface area contributed by atoms with Gasteiger partial charge in [-0.3, -0.25) is 4.79 Å². The molecule has 1 aliphatic heterocycles. The lowest BCUT2D eigenvalue weighted by Gasteiger charge is -2.24. The quantitative estimate of drug-likeness (QED) is 0.826. The van der Waals surface area contributed by atoms with Crippen LogP contribution in [0.5, 0.6) is 0 Å². The monoisotopic (exact) mass is 276 g/mol. The number of amides is 1. The van der Waals surface area contributed by atoms with Gasteiger partial charge in [0.15, 0.2) is 0 Å². The number of aliphatic hydroxyl groups is 1. The molecule has 0 aromatic heterocycles. The van der Waals surface area contributed by atoms with E-state index in [0.717, 1.165) is 43.4 Å². The molecule has 1 unspecified atom stereocenters. The zero-order valence-corrected chi connectivity index (χ0v) is 11.9. The second-order valence-corrected chi connectivity index (χ2v) is 5.45. The molecular weight excluding hydrogens is 252 g/mol. The van der Waals surface area contributed by atoms with Crippen LogP contribution in [-0.2, 0) is 17.8 Å². The van der Waals surface area contributed by atoms with E-state index in [1.54, 1.807) is 0 Å². The summed E-state index contributed by atoms with van der Waals surface area (Å²) in [5.74, 6) is 0.200. The van der Waals surface area contributed by atoms with Crippen LogP contribution in [0.25, 0.3) is 0 Å². The number of carbonyl (C=O) groups excluding carboxylic acids is 1. The van der Waals surface area contributed by atoms with Crippen molar-refractivity contribution in [3.05, 3.63) is 35.4 Å². The summed E-state index contributed by atoms with van der Waals surface area (Å²) in [4.78, 5) is 14.4. The number of nitrogens with zero attached hydrogens (tertiary/aromatic N) is 1. The van der Waals surface area contributed by atoms with Gasteiger partial charge in [0.1, 0.15) is 0 Å². The van der Waals surface area contributed by atoms with Crippen molar-refractivity contribution >= 4 is 5.91 Å². The van der Waals surface area contributed by atoms with Gasteiger partial charge in [0, 0.05) is 25.7 Å². The third-order valence-electron chi connectivity index (χ3n) is 4.01. The van der Waals surface area contributed by atoms with E-state index in [-0.39, 0.29) is 12.5 Å². The Morgan fingerprint density at radius 3 is 2.65 bits per heavy atom. The lowest BCUT2D eigenvalue weighted by atomic mass is 10.1. The summed E-state index contributed by atoms with van der Waals surface area (Å²) >= 11 is 0. The number of rotatable bonds is 6. The lowest BCUT2D eigenvalue weighted by molar-refractivity contribution is -0.131. The summed E-state index contributed by atoms with van der Waals surface area (Å²) in [7, 11) is 0. The van der Waals surface area contributed by atoms with Gasteiger partial charge in [0.25, 0.3) is 0 Å². The smallest absolute Gasteiger partial charge is 0.227 e. The first kappa shape index (κ1) is 15.0. The molecule has 4 nitrogen and oxygen atoms in total. The molecule has 0 spiro atoms. The third kappa shape index (κ3) is 3.81. The molecule has 0 bridgehead atoms. The average Bonchev–Trinajstić information content (AvgIpc) is 2.94. The number of hydrogen-bond donors (Lipinski definition) is 2. The summed E-state index contributed by atoms with van der Waals surface area (Å²) in [5.41, 5.74) is 7.70. The Balaban J connectivity index is 1.92. The second kappa shape index (κ2) is 7.41. The minimum absolute atomic E-state index is 0.200. The summed E-state index contributed by atoms with van der Waals surface area (Å²) in [6, 6.07) is 8.25. The van der Waals surface area contributed by atoms with Crippen LogP contribution in [0.4, 0.5) is 0 Å². The first-order valence-corrected chi connectivity index (χ1v) is 7.43. The van der Waals surface area contributed by atoms with Crippen LogP contribution >= 0.6 is 0 Å². The van der Waals surface area contributed by atoms with Crippen molar-refractivity contribution in [2.24, 2.45) is 5.73 Å². The largest absolute Gasteiger partial charge is 0.396 e. The summed E-state index contributed by atoms with van der Waals surface area (Å²) < 4.78 is 0. The van der Waals surface area contributed by atoms with E-state index in [1.807, 2.05) is 29.2 Å². The normalized spacial score (nSPS) is 18.5. The van der Waals surface area contributed by atoms with Gasteiger partial charge >= 0.3 is 0 Å². The Kier molecular flexibility index (Phi) is 5.56. The molecule has 0 radical (unpaired) electrons. The molecule has 3 N–H and O–H groups in total. The molecule has 1 aromatic carbocycles. The Hall–Kier alpha value is -1.39. The van der Waals surface area contributed by atoms with E-state index in [9.17, 15) is 4.79 Å². The first-order valence-electron chi connectivity index (χ1n) is 7.43. The molecule has 1 amide bonds. The fraction of sp³-hybridized carbons (Fsp3) is 0.562. The number of nitrogens with two attached hydrogens (primary N) is 1. The van der Waals surface area contributed by atoms with Gasteiger partial charge in [-0.1, -0.05) is 24.3 Å². The Morgan fingerprint density at radius 1 is 1.30 bits per heavy atom. The standard InChI is InChI=1S/C16H24N2O2/c17-12-14-7-5-13(6-8-14)11-16(20)18-9-1-3-15(18)4-2-10-19/h5-8,15,19H,1-4,9-12,17H2. The molecular formula is C16H24N2O2. The SMILES string of the molecule is NCc1ccc(CC(=O)N2CCCC2CCCO)cc1. The predicted molar refractivity (Wildman–Crippen MR) is 79.1 cm³/mol. The molecule has 110 valence electrons. The Labute approximate surface area is 120 Å². The van der Waals surface area contributed by atoms with Crippen LogP contribution in [0.2, 0.25) is 0 Å². The fourth-order valence-corrected chi connectivity index (χ4v) is 2.86. The van der Waals surface area contributed by atoms with Gasteiger partial charge in [0.05, 0.1) is 6.42 Å². The maximum absolute atomic E-state index is 12.4. The van der Waals surface area contributed by atoms with E-state index in [4.69, 9.17) is 10.8 Å². The second-order valence-electron chi connectivity index (χ2n) is 5.45. The molecule has 1 heterocycles. The van der Waals surface area contributed by atoms with Gasteiger partial charge in [-0.15, -0.1) is 0 Å². The van der Waals surface area contributed by atoms with Crippen LogP contribution < -0.4 is 5.73 Å².